The number of aliphatic carboxylic acids is 1. The van der Waals surface area contributed by atoms with Gasteiger partial charge >= 0.3 is 5.97 Å². The van der Waals surface area contributed by atoms with Crippen LogP contribution in [-0.2, 0) is 4.79 Å². The second-order valence-electron chi connectivity index (χ2n) is 3.82. The molecule has 0 bridgehead atoms. The van der Waals surface area contributed by atoms with Crippen molar-refractivity contribution in [3.05, 3.63) is 0 Å². The molecule has 1 fully saturated rings. The van der Waals surface area contributed by atoms with Crippen LogP contribution in [0.3, 0.4) is 0 Å². The van der Waals surface area contributed by atoms with Crippen LogP contribution in [0.4, 0.5) is 0 Å². The van der Waals surface area contributed by atoms with E-state index in [4.69, 9.17) is 10.2 Å². The van der Waals surface area contributed by atoms with Crippen LogP contribution in [0.5, 0.6) is 0 Å². The molecule has 0 aromatic carbocycles. The van der Waals surface area contributed by atoms with Crippen LogP contribution in [0.15, 0.2) is 0 Å². The summed E-state index contributed by atoms with van der Waals surface area (Å²) in [5.74, 6) is -0.787. The number of rotatable bonds is 4. The van der Waals surface area contributed by atoms with E-state index >= 15 is 0 Å². The quantitative estimate of drug-likeness (QED) is 0.594. The number of carbonyl (C=O) groups is 1. The summed E-state index contributed by atoms with van der Waals surface area (Å²) in [6.07, 6.45) is 3.26. The molecule has 76 valence electrons. The number of carboxylic acid groups (broad SMARTS) is 1. The van der Waals surface area contributed by atoms with Crippen LogP contribution in [0, 0.1) is 0 Å². The predicted molar refractivity (Wildman–Crippen MR) is 48.5 cm³/mol. The number of hydrogen-bond donors (Lipinski definition) is 3. The summed E-state index contributed by atoms with van der Waals surface area (Å²) in [5.41, 5.74) is -0.776. The average Bonchev–Trinajstić information content (AvgIpc) is 2.54. The van der Waals surface area contributed by atoms with Gasteiger partial charge in [-0.25, -0.2) is 0 Å². The van der Waals surface area contributed by atoms with E-state index in [9.17, 15) is 4.79 Å². The molecule has 1 aliphatic rings. The Balaban J connectivity index is 2.62. The highest BCUT2D eigenvalue weighted by molar-refractivity contribution is 5.79. The van der Waals surface area contributed by atoms with Gasteiger partial charge in [-0.2, -0.15) is 0 Å². The highest BCUT2D eigenvalue weighted by Crippen LogP contribution is 2.30. The van der Waals surface area contributed by atoms with Gasteiger partial charge in [-0.3, -0.25) is 10.1 Å². The van der Waals surface area contributed by atoms with E-state index in [0.717, 1.165) is 12.8 Å². The fraction of sp³-hybridized carbons (Fsp3) is 0.889. The molecule has 1 aliphatic carbocycles. The Morgan fingerprint density at radius 3 is 2.46 bits per heavy atom. The molecular formula is C9H17NO3. The minimum Gasteiger partial charge on any atom is -0.480 e. The van der Waals surface area contributed by atoms with Crippen LogP contribution < -0.4 is 5.32 Å². The minimum atomic E-state index is -0.787. The van der Waals surface area contributed by atoms with Crippen LogP contribution in [0.25, 0.3) is 0 Å². The first kappa shape index (κ1) is 10.5. The van der Waals surface area contributed by atoms with Crippen LogP contribution in [0.2, 0.25) is 0 Å². The molecule has 1 atom stereocenters. The van der Waals surface area contributed by atoms with E-state index < -0.39 is 11.5 Å². The Kier molecular flexibility index (Phi) is 3.27. The van der Waals surface area contributed by atoms with Gasteiger partial charge in [0.2, 0.25) is 0 Å². The van der Waals surface area contributed by atoms with E-state index in [1.54, 1.807) is 6.92 Å². The predicted octanol–water partition coefficient (Wildman–Crippen LogP) is 0.354. The first-order valence-electron chi connectivity index (χ1n) is 4.73. The molecule has 0 heterocycles. The molecular weight excluding hydrogens is 170 g/mol. The van der Waals surface area contributed by atoms with Gasteiger partial charge in [0.15, 0.2) is 0 Å². The lowest BCUT2D eigenvalue weighted by atomic mass is 9.97. The first-order chi connectivity index (χ1) is 6.10. The Hall–Kier alpha value is -0.610. The van der Waals surface area contributed by atoms with Crippen molar-refractivity contribution in [2.24, 2.45) is 0 Å². The summed E-state index contributed by atoms with van der Waals surface area (Å²) in [4.78, 5) is 11.0. The van der Waals surface area contributed by atoms with E-state index in [1.165, 1.54) is 0 Å². The Morgan fingerprint density at radius 2 is 2.08 bits per heavy atom. The third kappa shape index (κ3) is 2.19. The number of aliphatic hydroxyl groups is 1. The molecule has 4 heteroatoms. The van der Waals surface area contributed by atoms with Crippen molar-refractivity contribution in [1.29, 1.82) is 0 Å². The molecule has 0 aromatic heterocycles. The molecule has 0 radical (unpaired) electrons. The maximum absolute atomic E-state index is 11.0. The van der Waals surface area contributed by atoms with Crippen molar-refractivity contribution >= 4 is 5.97 Å². The van der Waals surface area contributed by atoms with Crippen molar-refractivity contribution < 1.29 is 15.0 Å². The highest BCUT2D eigenvalue weighted by Gasteiger charge is 2.41. The van der Waals surface area contributed by atoms with Crippen molar-refractivity contribution in [3.63, 3.8) is 0 Å². The summed E-state index contributed by atoms with van der Waals surface area (Å²) < 4.78 is 0. The molecule has 1 unspecified atom stereocenters. The normalized spacial score (nSPS) is 22.9. The van der Waals surface area contributed by atoms with E-state index in [2.05, 4.69) is 5.32 Å². The first-order valence-corrected chi connectivity index (χ1v) is 4.73. The lowest BCUT2D eigenvalue weighted by molar-refractivity contribution is -0.145. The van der Waals surface area contributed by atoms with E-state index in [0.29, 0.717) is 12.8 Å². The van der Waals surface area contributed by atoms with Crippen LogP contribution in [-0.4, -0.2) is 34.4 Å². The van der Waals surface area contributed by atoms with Gasteiger partial charge in [-0.15, -0.1) is 0 Å². The zero-order valence-corrected chi connectivity index (χ0v) is 7.92. The lowest BCUT2D eigenvalue weighted by Crippen LogP contribution is -2.54. The van der Waals surface area contributed by atoms with Crippen molar-refractivity contribution in [1.82, 2.24) is 5.32 Å². The molecule has 4 nitrogen and oxygen atoms in total. The molecule has 0 spiro atoms. The number of nitrogens with one attached hydrogen (secondary N) is 1. The van der Waals surface area contributed by atoms with E-state index in [-0.39, 0.29) is 12.6 Å². The maximum Gasteiger partial charge on any atom is 0.323 e. The third-order valence-electron chi connectivity index (χ3n) is 2.66. The molecule has 3 N–H and O–H groups in total. The summed E-state index contributed by atoms with van der Waals surface area (Å²) in [7, 11) is 0. The van der Waals surface area contributed by atoms with Crippen molar-refractivity contribution in [2.75, 3.05) is 6.61 Å². The second-order valence-corrected chi connectivity index (χ2v) is 3.82. The molecule has 1 saturated carbocycles. The number of hydrogen-bond acceptors (Lipinski definition) is 3. The summed E-state index contributed by atoms with van der Waals surface area (Å²) >= 11 is 0. The maximum atomic E-state index is 11.0. The highest BCUT2D eigenvalue weighted by atomic mass is 16.4. The molecule has 1 rings (SSSR count). The topological polar surface area (TPSA) is 69.6 Å². The molecule has 13 heavy (non-hydrogen) atoms. The molecule has 0 amide bonds. The minimum absolute atomic E-state index is 0.0188. The van der Waals surface area contributed by atoms with Gasteiger partial charge < -0.3 is 10.2 Å². The monoisotopic (exact) mass is 187 g/mol. The summed E-state index contributed by atoms with van der Waals surface area (Å²) in [5, 5.41) is 20.9. The third-order valence-corrected chi connectivity index (χ3v) is 2.66. The number of aliphatic hydroxyl groups excluding tert-OH is 1. The largest absolute Gasteiger partial charge is 0.480 e. The fourth-order valence-corrected chi connectivity index (χ4v) is 1.92. The Labute approximate surface area is 78.0 Å². The molecule has 0 aliphatic heterocycles. The Bertz CT molecular complexity index is 187. The SMILES string of the molecule is CC(CO)NC1(C(=O)O)CCCC1. The standard InChI is InChI=1S/C9H17NO3/c1-7(6-11)10-9(8(12)13)4-2-3-5-9/h7,10-11H,2-6H2,1H3,(H,12,13). The number of carboxylic acids is 1. The van der Waals surface area contributed by atoms with Gasteiger partial charge in [0.1, 0.15) is 5.54 Å². The van der Waals surface area contributed by atoms with Gasteiger partial charge in [-0.05, 0) is 19.8 Å². The van der Waals surface area contributed by atoms with E-state index in [1.807, 2.05) is 0 Å². The van der Waals surface area contributed by atoms with Gasteiger partial charge in [0.25, 0.3) is 0 Å². The molecule has 0 saturated heterocycles. The second kappa shape index (κ2) is 4.07. The smallest absolute Gasteiger partial charge is 0.323 e. The van der Waals surface area contributed by atoms with Gasteiger partial charge in [-0.1, -0.05) is 12.8 Å². The van der Waals surface area contributed by atoms with Crippen LogP contribution >= 0.6 is 0 Å². The lowest BCUT2D eigenvalue weighted by Gasteiger charge is -2.28. The zero-order valence-electron chi connectivity index (χ0n) is 7.92. The van der Waals surface area contributed by atoms with Crippen LogP contribution in [0.1, 0.15) is 32.6 Å². The summed E-state index contributed by atoms with van der Waals surface area (Å²) in [6, 6.07) is -0.144. The fourth-order valence-electron chi connectivity index (χ4n) is 1.92. The Morgan fingerprint density at radius 1 is 1.54 bits per heavy atom. The molecule has 0 aromatic rings. The van der Waals surface area contributed by atoms with Gasteiger partial charge in [0, 0.05) is 6.04 Å². The van der Waals surface area contributed by atoms with Crippen molar-refractivity contribution in [3.8, 4) is 0 Å². The zero-order chi connectivity index (χ0) is 9.90. The average molecular weight is 187 g/mol. The summed E-state index contributed by atoms with van der Waals surface area (Å²) in [6.45, 7) is 1.78. The van der Waals surface area contributed by atoms with Crippen molar-refractivity contribution in [2.45, 2.75) is 44.2 Å². The van der Waals surface area contributed by atoms with Gasteiger partial charge in [0.05, 0.1) is 6.61 Å².